The van der Waals surface area contributed by atoms with Crippen molar-refractivity contribution < 1.29 is 23.8 Å². The molecule has 0 N–H and O–H groups in total. The first kappa shape index (κ1) is 16.5. The molecule has 0 aliphatic carbocycles. The van der Waals surface area contributed by atoms with Crippen LogP contribution in [0.25, 0.3) is 0 Å². The molecule has 0 radical (unpaired) electrons. The summed E-state index contributed by atoms with van der Waals surface area (Å²) in [5.41, 5.74) is 0.491. The second kappa shape index (κ2) is 8.58. The topological polar surface area (TPSA) is 61.8 Å². The van der Waals surface area contributed by atoms with E-state index in [1.165, 1.54) is 14.0 Å². The molecule has 1 aromatic rings. The molecule has 0 aliphatic rings. The highest BCUT2D eigenvalue weighted by Crippen LogP contribution is 2.25. The smallest absolute Gasteiger partial charge is 0.343 e. The van der Waals surface area contributed by atoms with E-state index in [4.69, 9.17) is 9.47 Å². The number of benzene rings is 1. The lowest BCUT2D eigenvalue weighted by atomic mass is 10.1. The summed E-state index contributed by atoms with van der Waals surface area (Å²) in [6.45, 7) is 1.78. The summed E-state index contributed by atoms with van der Waals surface area (Å²) in [6, 6.07) is 4.85. The average molecular weight is 345 g/mol. The van der Waals surface area contributed by atoms with Gasteiger partial charge in [-0.2, -0.15) is 0 Å². The second-order valence-corrected chi connectivity index (χ2v) is 4.76. The molecule has 0 amide bonds. The van der Waals surface area contributed by atoms with Gasteiger partial charge in [-0.1, -0.05) is 15.9 Å². The van der Waals surface area contributed by atoms with E-state index in [1.807, 2.05) is 0 Å². The van der Waals surface area contributed by atoms with Crippen LogP contribution in [-0.2, 0) is 9.53 Å². The maximum atomic E-state index is 11.5. The Morgan fingerprint density at radius 3 is 2.60 bits per heavy atom. The molecule has 6 heteroatoms. The van der Waals surface area contributed by atoms with Crippen LogP contribution in [0.5, 0.6) is 11.5 Å². The van der Waals surface area contributed by atoms with E-state index in [9.17, 15) is 9.59 Å². The molecule has 20 heavy (non-hydrogen) atoms. The van der Waals surface area contributed by atoms with Crippen LogP contribution in [0.15, 0.2) is 18.2 Å². The van der Waals surface area contributed by atoms with Crippen LogP contribution >= 0.6 is 15.9 Å². The summed E-state index contributed by atoms with van der Waals surface area (Å²) < 4.78 is 15.3. The number of methoxy groups -OCH3 is 1. The van der Waals surface area contributed by atoms with Gasteiger partial charge < -0.3 is 14.2 Å². The summed E-state index contributed by atoms with van der Waals surface area (Å²) in [5.74, 6) is 0.357. The maximum Gasteiger partial charge on any atom is 0.343 e. The fraction of sp³-hybridized carbons (Fsp3) is 0.429. The lowest BCUT2D eigenvalue weighted by Gasteiger charge is -2.12. The third kappa shape index (κ3) is 5.21. The number of Topliss-reactive ketones (excluding diaryl/α,β-unsaturated/α-hetero) is 1. The Kier molecular flexibility index (Phi) is 7.08. The molecule has 1 aromatic carbocycles. The highest BCUT2D eigenvalue weighted by molar-refractivity contribution is 9.09. The lowest BCUT2D eigenvalue weighted by Crippen LogP contribution is -2.13. The first-order valence-corrected chi connectivity index (χ1v) is 7.24. The van der Waals surface area contributed by atoms with Crippen LogP contribution in [0.2, 0.25) is 0 Å². The summed E-state index contributed by atoms with van der Waals surface area (Å²) in [6.07, 6.45) is 0.824. The van der Waals surface area contributed by atoms with Crippen LogP contribution in [0.3, 0.4) is 0 Å². The first-order chi connectivity index (χ1) is 9.58. The summed E-state index contributed by atoms with van der Waals surface area (Å²) in [7, 11) is 1.29. The molecule has 0 spiro atoms. The maximum absolute atomic E-state index is 11.5. The molecule has 1 rings (SSSR count). The Balaban J connectivity index is 2.80. The summed E-state index contributed by atoms with van der Waals surface area (Å²) >= 11 is 3.31. The molecular formula is C14H17BrO5. The fourth-order valence-corrected chi connectivity index (χ4v) is 1.67. The van der Waals surface area contributed by atoms with E-state index in [0.717, 1.165) is 11.8 Å². The van der Waals surface area contributed by atoms with Crippen LogP contribution in [-0.4, -0.2) is 37.4 Å². The minimum Gasteiger partial charge on any atom is -0.493 e. The zero-order valence-electron chi connectivity index (χ0n) is 11.5. The predicted octanol–water partition coefficient (Wildman–Crippen LogP) is 2.60. The van der Waals surface area contributed by atoms with Crippen molar-refractivity contribution in [3.63, 3.8) is 0 Å². The van der Waals surface area contributed by atoms with Gasteiger partial charge in [-0.05, 0) is 25.5 Å². The molecule has 0 saturated heterocycles. The zero-order chi connectivity index (χ0) is 15.0. The Bertz CT molecular complexity index is 473. The molecule has 5 nitrogen and oxygen atoms in total. The molecule has 0 heterocycles. The van der Waals surface area contributed by atoms with E-state index < -0.39 is 5.97 Å². The second-order valence-electron chi connectivity index (χ2n) is 3.97. The number of carbonyl (C=O) groups is 2. The van der Waals surface area contributed by atoms with Crippen molar-refractivity contribution in [3.8, 4) is 11.5 Å². The number of carbonyl (C=O) groups excluding carboxylic acids is 2. The van der Waals surface area contributed by atoms with Gasteiger partial charge in [0.15, 0.2) is 12.4 Å². The Morgan fingerprint density at radius 2 is 2.00 bits per heavy atom. The third-order valence-electron chi connectivity index (χ3n) is 2.45. The number of esters is 1. The van der Waals surface area contributed by atoms with Gasteiger partial charge in [-0.25, -0.2) is 4.79 Å². The van der Waals surface area contributed by atoms with Crippen LogP contribution in [0.1, 0.15) is 23.7 Å². The van der Waals surface area contributed by atoms with Crippen molar-refractivity contribution in [2.45, 2.75) is 13.3 Å². The van der Waals surface area contributed by atoms with Gasteiger partial charge in [0.1, 0.15) is 11.5 Å². The van der Waals surface area contributed by atoms with Crippen molar-refractivity contribution in [1.82, 2.24) is 0 Å². The Hall–Kier alpha value is -1.56. The number of hydrogen-bond donors (Lipinski definition) is 0. The summed E-state index contributed by atoms with van der Waals surface area (Å²) in [4.78, 5) is 22.5. The van der Waals surface area contributed by atoms with E-state index in [1.54, 1.807) is 18.2 Å². The van der Waals surface area contributed by atoms with Crippen molar-refractivity contribution in [2.24, 2.45) is 0 Å². The van der Waals surface area contributed by atoms with Gasteiger partial charge >= 0.3 is 5.97 Å². The van der Waals surface area contributed by atoms with E-state index in [0.29, 0.717) is 23.7 Å². The summed E-state index contributed by atoms with van der Waals surface area (Å²) in [5, 5.41) is 0.820. The average Bonchev–Trinajstić information content (AvgIpc) is 2.44. The minimum atomic E-state index is -0.470. The van der Waals surface area contributed by atoms with Crippen molar-refractivity contribution in [1.29, 1.82) is 0 Å². The Labute approximate surface area is 126 Å². The van der Waals surface area contributed by atoms with Crippen LogP contribution in [0, 0.1) is 0 Å². The van der Waals surface area contributed by atoms with Gasteiger partial charge in [-0.3, -0.25) is 4.79 Å². The molecule has 110 valence electrons. The van der Waals surface area contributed by atoms with Crippen molar-refractivity contribution in [2.75, 3.05) is 25.7 Å². The molecule has 0 saturated carbocycles. The van der Waals surface area contributed by atoms with Crippen LogP contribution < -0.4 is 9.47 Å². The predicted molar refractivity (Wildman–Crippen MR) is 77.9 cm³/mol. The normalized spacial score (nSPS) is 9.95. The van der Waals surface area contributed by atoms with E-state index in [2.05, 4.69) is 20.7 Å². The zero-order valence-corrected chi connectivity index (χ0v) is 13.1. The quantitative estimate of drug-likeness (QED) is 0.314. The number of ketones is 1. The SMILES string of the molecule is COC(=O)COc1ccc(C(C)=O)c(OCCCBr)c1. The molecule has 0 atom stereocenters. The molecule has 0 unspecified atom stereocenters. The van der Waals surface area contributed by atoms with E-state index in [-0.39, 0.29) is 12.4 Å². The highest BCUT2D eigenvalue weighted by atomic mass is 79.9. The highest BCUT2D eigenvalue weighted by Gasteiger charge is 2.11. The Morgan fingerprint density at radius 1 is 1.25 bits per heavy atom. The lowest BCUT2D eigenvalue weighted by molar-refractivity contribution is -0.142. The number of ether oxygens (including phenoxy) is 3. The standard InChI is InChI=1S/C14H17BrO5/c1-10(16)12-5-4-11(20-9-14(17)18-2)8-13(12)19-7-3-6-15/h4-5,8H,3,6-7,9H2,1-2H3. The van der Waals surface area contributed by atoms with Gasteiger partial charge in [0.05, 0.1) is 19.3 Å². The monoisotopic (exact) mass is 344 g/mol. The van der Waals surface area contributed by atoms with Crippen molar-refractivity contribution in [3.05, 3.63) is 23.8 Å². The number of rotatable bonds is 8. The van der Waals surface area contributed by atoms with Gasteiger partial charge in [-0.15, -0.1) is 0 Å². The molecule has 0 aliphatic heterocycles. The van der Waals surface area contributed by atoms with Crippen LogP contribution in [0.4, 0.5) is 0 Å². The number of alkyl halides is 1. The largest absolute Gasteiger partial charge is 0.493 e. The fourth-order valence-electron chi connectivity index (χ4n) is 1.44. The minimum absolute atomic E-state index is 0.0849. The molecule has 0 bridgehead atoms. The van der Waals surface area contributed by atoms with Gasteiger partial charge in [0.25, 0.3) is 0 Å². The van der Waals surface area contributed by atoms with Gasteiger partial charge in [0.2, 0.25) is 0 Å². The number of halogens is 1. The third-order valence-corrected chi connectivity index (χ3v) is 3.01. The van der Waals surface area contributed by atoms with Gasteiger partial charge in [0, 0.05) is 11.4 Å². The molecular weight excluding hydrogens is 328 g/mol. The van der Waals surface area contributed by atoms with Crippen molar-refractivity contribution >= 4 is 27.7 Å². The molecule has 0 fully saturated rings. The number of hydrogen-bond acceptors (Lipinski definition) is 5. The molecule has 0 aromatic heterocycles. The van der Waals surface area contributed by atoms with E-state index >= 15 is 0 Å². The first-order valence-electron chi connectivity index (χ1n) is 6.12.